The molecule has 3 aliphatic rings. The molecule has 0 aromatic heterocycles. The van der Waals surface area contributed by atoms with Crippen LogP contribution in [0.3, 0.4) is 0 Å². The number of benzene rings is 1. The molecule has 3 heterocycles. The third-order valence-electron chi connectivity index (χ3n) is 4.45. The Balaban J connectivity index is 0.00000110. The molecule has 1 aromatic carbocycles. The van der Waals surface area contributed by atoms with Gasteiger partial charge in [0.15, 0.2) is 0 Å². The van der Waals surface area contributed by atoms with E-state index < -0.39 is 0 Å². The molecule has 1 atom stereocenters. The van der Waals surface area contributed by atoms with E-state index in [-0.39, 0.29) is 24.8 Å². The highest BCUT2D eigenvalue weighted by atomic mass is 79.9. The molecule has 1 aromatic rings. The van der Waals surface area contributed by atoms with Crippen LogP contribution < -0.4 is 10.1 Å². The fraction of sp³-hybridized carbons (Fsp3) is 0.600. The van der Waals surface area contributed by atoms with E-state index in [1.165, 1.54) is 38.0 Å². The second kappa shape index (κ2) is 8.59. The molecule has 3 aliphatic heterocycles. The van der Waals surface area contributed by atoms with Gasteiger partial charge < -0.3 is 15.0 Å². The standard InChI is InChI=1S/C15H21BrN2O.2ClH/c1-19-15-3-2-13(16)8-12(15)9-17-14-10-18-6-4-11(14)5-7-18;;/h2-3,8,11,14,17H,4-7,9-10H2,1H3;2*1H. The summed E-state index contributed by atoms with van der Waals surface area (Å²) in [4.78, 5) is 2.58. The van der Waals surface area contributed by atoms with Crippen molar-refractivity contribution in [3.63, 3.8) is 0 Å². The first-order valence-electron chi connectivity index (χ1n) is 7.04. The minimum atomic E-state index is 0. The quantitative estimate of drug-likeness (QED) is 0.841. The zero-order valence-electron chi connectivity index (χ0n) is 12.2. The van der Waals surface area contributed by atoms with Crippen molar-refractivity contribution in [2.45, 2.75) is 25.4 Å². The molecule has 0 radical (unpaired) electrons. The van der Waals surface area contributed by atoms with Gasteiger partial charge in [0.2, 0.25) is 0 Å². The molecule has 3 saturated heterocycles. The van der Waals surface area contributed by atoms with Crippen LogP contribution in [-0.2, 0) is 6.54 Å². The molecule has 1 N–H and O–H groups in total. The van der Waals surface area contributed by atoms with Gasteiger partial charge in [-0.05, 0) is 50.0 Å². The van der Waals surface area contributed by atoms with Gasteiger partial charge in [-0.1, -0.05) is 15.9 Å². The summed E-state index contributed by atoms with van der Waals surface area (Å²) < 4.78 is 6.54. The van der Waals surface area contributed by atoms with Gasteiger partial charge in [-0.2, -0.15) is 0 Å². The Morgan fingerprint density at radius 1 is 1.29 bits per heavy atom. The Labute approximate surface area is 147 Å². The number of rotatable bonds is 4. The summed E-state index contributed by atoms with van der Waals surface area (Å²) in [5.74, 6) is 1.83. The number of halogens is 3. The Hall–Kier alpha value is -0.000000000000000222. The van der Waals surface area contributed by atoms with Crippen LogP contribution in [0.15, 0.2) is 22.7 Å². The lowest BCUT2D eigenvalue weighted by atomic mass is 9.84. The first-order chi connectivity index (χ1) is 9.26. The lowest BCUT2D eigenvalue weighted by Gasteiger charge is -2.45. The molecule has 6 heteroatoms. The first kappa shape index (κ1) is 19.0. The van der Waals surface area contributed by atoms with E-state index >= 15 is 0 Å². The second-order valence-electron chi connectivity index (χ2n) is 5.58. The number of nitrogens with one attached hydrogen (secondary N) is 1. The van der Waals surface area contributed by atoms with Crippen LogP contribution in [0.2, 0.25) is 0 Å². The lowest BCUT2D eigenvalue weighted by Crippen LogP contribution is -2.55. The molecular weight excluding hydrogens is 375 g/mol. The van der Waals surface area contributed by atoms with Crippen molar-refractivity contribution in [3.05, 3.63) is 28.2 Å². The molecule has 120 valence electrons. The second-order valence-corrected chi connectivity index (χ2v) is 6.50. The van der Waals surface area contributed by atoms with Crippen LogP contribution in [0, 0.1) is 5.92 Å². The molecule has 3 nitrogen and oxygen atoms in total. The molecule has 0 spiro atoms. The first-order valence-corrected chi connectivity index (χ1v) is 7.83. The minimum absolute atomic E-state index is 0. The van der Waals surface area contributed by atoms with Crippen molar-refractivity contribution in [1.82, 2.24) is 10.2 Å². The monoisotopic (exact) mass is 396 g/mol. The number of methoxy groups -OCH3 is 1. The summed E-state index contributed by atoms with van der Waals surface area (Å²) in [6.45, 7) is 4.69. The predicted octanol–water partition coefficient (Wildman–Crippen LogP) is 3.49. The fourth-order valence-corrected chi connectivity index (χ4v) is 3.73. The minimum Gasteiger partial charge on any atom is -0.496 e. The molecule has 2 bridgehead atoms. The van der Waals surface area contributed by atoms with Crippen LogP contribution in [0.5, 0.6) is 5.75 Å². The number of fused-ring (bicyclic) bond motifs is 3. The van der Waals surface area contributed by atoms with Gasteiger partial charge in [0.25, 0.3) is 0 Å². The predicted molar refractivity (Wildman–Crippen MR) is 95.0 cm³/mol. The van der Waals surface area contributed by atoms with Gasteiger partial charge in [0, 0.05) is 29.2 Å². The third kappa shape index (κ3) is 4.49. The highest BCUT2D eigenvalue weighted by Gasteiger charge is 2.33. The maximum Gasteiger partial charge on any atom is 0.123 e. The summed E-state index contributed by atoms with van der Waals surface area (Å²) >= 11 is 3.53. The largest absolute Gasteiger partial charge is 0.496 e. The van der Waals surface area contributed by atoms with Crippen molar-refractivity contribution in [2.24, 2.45) is 5.92 Å². The summed E-state index contributed by atoms with van der Waals surface area (Å²) in [7, 11) is 1.74. The Kier molecular flexibility index (Phi) is 7.79. The summed E-state index contributed by atoms with van der Waals surface area (Å²) in [5, 5.41) is 3.73. The van der Waals surface area contributed by atoms with Crippen LogP contribution in [0.25, 0.3) is 0 Å². The topological polar surface area (TPSA) is 24.5 Å². The van der Waals surface area contributed by atoms with Crippen molar-refractivity contribution in [3.8, 4) is 5.75 Å². The van der Waals surface area contributed by atoms with Gasteiger partial charge in [-0.15, -0.1) is 24.8 Å². The van der Waals surface area contributed by atoms with Gasteiger partial charge >= 0.3 is 0 Å². The van der Waals surface area contributed by atoms with Crippen molar-refractivity contribution in [1.29, 1.82) is 0 Å². The van der Waals surface area contributed by atoms with Crippen LogP contribution in [0.4, 0.5) is 0 Å². The normalized spacial score (nSPS) is 26.7. The van der Waals surface area contributed by atoms with E-state index in [9.17, 15) is 0 Å². The number of hydrogen-bond acceptors (Lipinski definition) is 3. The Morgan fingerprint density at radius 3 is 2.57 bits per heavy atom. The van der Waals surface area contributed by atoms with Crippen molar-refractivity contribution in [2.75, 3.05) is 26.7 Å². The number of piperidine rings is 3. The van der Waals surface area contributed by atoms with Crippen LogP contribution in [-0.4, -0.2) is 37.7 Å². The Morgan fingerprint density at radius 2 is 2.00 bits per heavy atom. The summed E-state index contributed by atoms with van der Waals surface area (Å²) in [6, 6.07) is 6.84. The average Bonchev–Trinajstić information content (AvgIpc) is 2.46. The average molecular weight is 398 g/mol. The van der Waals surface area contributed by atoms with E-state index in [1.54, 1.807) is 7.11 Å². The smallest absolute Gasteiger partial charge is 0.123 e. The van der Waals surface area contributed by atoms with Crippen LogP contribution in [0.1, 0.15) is 18.4 Å². The maximum absolute atomic E-state index is 5.43. The molecule has 0 saturated carbocycles. The SMILES string of the molecule is COc1ccc(Br)cc1CNC1CN2CCC1CC2.Cl.Cl. The Bertz CT molecular complexity index is 453. The van der Waals surface area contributed by atoms with Gasteiger partial charge in [-0.3, -0.25) is 0 Å². The van der Waals surface area contributed by atoms with E-state index in [0.29, 0.717) is 6.04 Å². The zero-order valence-corrected chi connectivity index (χ0v) is 15.4. The number of hydrogen-bond donors (Lipinski definition) is 1. The third-order valence-corrected chi connectivity index (χ3v) is 4.95. The molecule has 1 unspecified atom stereocenters. The van der Waals surface area contributed by atoms with E-state index in [2.05, 4.69) is 32.2 Å². The number of nitrogens with zero attached hydrogens (tertiary/aromatic N) is 1. The summed E-state index contributed by atoms with van der Waals surface area (Å²) in [6.07, 6.45) is 2.71. The zero-order chi connectivity index (χ0) is 13.2. The van der Waals surface area contributed by atoms with Crippen molar-refractivity contribution < 1.29 is 4.74 Å². The molecule has 0 aliphatic carbocycles. The summed E-state index contributed by atoms with van der Waals surface area (Å²) in [5.41, 5.74) is 1.23. The van der Waals surface area contributed by atoms with Gasteiger partial charge in [0.1, 0.15) is 5.75 Å². The highest BCUT2D eigenvalue weighted by molar-refractivity contribution is 9.10. The molecular formula is C15H23BrCl2N2O. The maximum atomic E-state index is 5.43. The van der Waals surface area contributed by atoms with E-state index in [1.807, 2.05) is 12.1 Å². The molecule has 4 rings (SSSR count). The fourth-order valence-electron chi connectivity index (χ4n) is 3.32. The highest BCUT2D eigenvalue weighted by Crippen LogP contribution is 2.28. The van der Waals surface area contributed by atoms with E-state index in [0.717, 1.165) is 22.7 Å². The molecule has 3 fully saturated rings. The lowest BCUT2D eigenvalue weighted by molar-refractivity contribution is 0.0719. The van der Waals surface area contributed by atoms with Crippen LogP contribution >= 0.6 is 40.7 Å². The van der Waals surface area contributed by atoms with Crippen molar-refractivity contribution >= 4 is 40.7 Å². The molecule has 0 amide bonds. The van der Waals surface area contributed by atoms with E-state index in [4.69, 9.17) is 4.74 Å². The molecule has 21 heavy (non-hydrogen) atoms. The number of ether oxygens (including phenoxy) is 1. The van der Waals surface area contributed by atoms with Gasteiger partial charge in [0.05, 0.1) is 7.11 Å². The van der Waals surface area contributed by atoms with Gasteiger partial charge in [-0.25, -0.2) is 0 Å².